The van der Waals surface area contributed by atoms with E-state index in [1.807, 2.05) is 42.5 Å². The van der Waals surface area contributed by atoms with Crippen LogP contribution in [0, 0.1) is 0 Å². The molecule has 2 aliphatic heterocycles. The van der Waals surface area contributed by atoms with Crippen molar-refractivity contribution in [1.82, 2.24) is 15.5 Å². The maximum Gasteiger partial charge on any atom is 0.255 e. The second-order valence-corrected chi connectivity index (χ2v) is 9.28. The summed E-state index contributed by atoms with van der Waals surface area (Å²) in [5, 5.41) is 8.27. The van der Waals surface area contributed by atoms with Gasteiger partial charge in [0.1, 0.15) is 6.04 Å². The summed E-state index contributed by atoms with van der Waals surface area (Å²) in [6.45, 7) is 2.71. The highest BCUT2D eigenvalue weighted by atomic mass is 16.5. The van der Waals surface area contributed by atoms with E-state index in [4.69, 9.17) is 19.9 Å². The average molecular weight is 554 g/mol. The predicted molar refractivity (Wildman–Crippen MR) is 146 cm³/mol. The standard InChI is InChI=1S/C28H35N5O7/c29-18-40-15-14-39-13-12-38-11-10-30-25(35)16-31-22-7-6-20(19-4-2-1-3-5-19)26-21(22)17-33(28(26)37)23-8-9-24(34)32-27(23)36/h1-7,23,31H,8-18,29H2,(H,30,35)(H,32,34,36). The molecule has 4 amide bonds. The van der Waals surface area contributed by atoms with Crippen LogP contribution in [0.15, 0.2) is 42.5 Å². The van der Waals surface area contributed by atoms with Crippen molar-refractivity contribution in [2.45, 2.75) is 25.4 Å². The zero-order chi connectivity index (χ0) is 28.3. The molecule has 0 saturated carbocycles. The molecule has 0 aliphatic carbocycles. The molecule has 2 aromatic rings. The van der Waals surface area contributed by atoms with Crippen molar-refractivity contribution < 1.29 is 33.4 Å². The Morgan fingerprint density at radius 1 is 0.975 bits per heavy atom. The van der Waals surface area contributed by atoms with Crippen molar-refractivity contribution in [3.05, 3.63) is 53.6 Å². The van der Waals surface area contributed by atoms with Gasteiger partial charge in [0.25, 0.3) is 5.91 Å². The number of hydrogen-bond acceptors (Lipinski definition) is 9. The minimum Gasteiger partial charge on any atom is -0.377 e. The van der Waals surface area contributed by atoms with Crippen LogP contribution < -0.4 is 21.7 Å². The number of fused-ring (bicyclic) bond motifs is 1. The topological polar surface area (TPSA) is 161 Å². The van der Waals surface area contributed by atoms with Crippen molar-refractivity contribution in [3.63, 3.8) is 0 Å². The lowest BCUT2D eigenvalue weighted by Gasteiger charge is -2.29. The first kappa shape index (κ1) is 29.2. The molecule has 4 rings (SSSR count). The maximum atomic E-state index is 13.6. The number of ether oxygens (including phenoxy) is 3. The number of amides is 4. The maximum absolute atomic E-state index is 13.6. The zero-order valence-corrected chi connectivity index (χ0v) is 22.3. The van der Waals surface area contributed by atoms with Gasteiger partial charge in [-0.3, -0.25) is 24.5 Å². The summed E-state index contributed by atoms with van der Waals surface area (Å²) in [5.41, 5.74) is 8.69. The molecule has 2 heterocycles. The summed E-state index contributed by atoms with van der Waals surface area (Å²) >= 11 is 0. The van der Waals surface area contributed by atoms with Crippen molar-refractivity contribution in [2.75, 3.05) is 58.2 Å². The molecule has 5 N–H and O–H groups in total. The Bertz CT molecular complexity index is 1210. The summed E-state index contributed by atoms with van der Waals surface area (Å²) in [6.07, 6.45) is 0.445. The van der Waals surface area contributed by atoms with E-state index in [0.717, 1.165) is 11.1 Å². The molecule has 1 fully saturated rings. The minimum atomic E-state index is -0.734. The lowest BCUT2D eigenvalue weighted by Crippen LogP contribution is -2.52. The second-order valence-electron chi connectivity index (χ2n) is 9.28. The fourth-order valence-corrected chi connectivity index (χ4v) is 4.72. The van der Waals surface area contributed by atoms with Crippen LogP contribution in [0.5, 0.6) is 0 Å². The van der Waals surface area contributed by atoms with E-state index in [9.17, 15) is 19.2 Å². The van der Waals surface area contributed by atoms with Crippen LogP contribution in [-0.2, 0) is 35.1 Å². The first-order valence-electron chi connectivity index (χ1n) is 13.3. The molecule has 1 atom stereocenters. The SMILES string of the molecule is NCOCCOCCOCCNC(=O)CNc1ccc(-c2ccccc2)c2c1CN(C1CCC(=O)NC1=O)C2=O. The van der Waals surface area contributed by atoms with Gasteiger partial charge in [-0.2, -0.15) is 0 Å². The highest BCUT2D eigenvalue weighted by Gasteiger charge is 2.41. The number of imide groups is 1. The fraction of sp³-hybridized carbons (Fsp3) is 0.429. The van der Waals surface area contributed by atoms with Gasteiger partial charge in [-0.05, 0) is 23.6 Å². The fourth-order valence-electron chi connectivity index (χ4n) is 4.72. The Balaban J connectivity index is 1.35. The molecule has 2 aliphatic rings. The van der Waals surface area contributed by atoms with E-state index < -0.39 is 11.9 Å². The Morgan fingerprint density at radius 3 is 2.42 bits per heavy atom. The van der Waals surface area contributed by atoms with Crippen LogP contribution in [0.1, 0.15) is 28.8 Å². The van der Waals surface area contributed by atoms with Crippen LogP contribution in [0.3, 0.4) is 0 Å². The number of nitrogens with zero attached hydrogens (tertiary/aromatic N) is 1. The van der Waals surface area contributed by atoms with E-state index in [1.165, 1.54) is 4.90 Å². The third-order valence-corrected chi connectivity index (χ3v) is 6.66. The van der Waals surface area contributed by atoms with Crippen LogP contribution in [-0.4, -0.2) is 87.4 Å². The van der Waals surface area contributed by atoms with Crippen molar-refractivity contribution in [3.8, 4) is 11.1 Å². The van der Waals surface area contributed by atoms with E-state index in [-0.39, 0.29) is 50.4 Å². The average Bonchev–Trinajstić information content (AvgIpc) is 3.30. The largest absolute Gasteiger partial charge is 0.377 e. The van der Waals surface area contributed by atoms with Gasteiger partial charge in [0, 0.05) is 30.8 Å². The smallest absolute Gasteiger partial charge is 0.255 e. The first-order chi connectivity index (χ1) is 19.5. The number of piperidine rings is 1. The Labute approximate surface area is 232 Å². The zero-order valence-electron chi connectivity index (χ0n) is 22.3. The van der Waals surface area contributed by atoms with E-state index in [1.54, 1.807) is 0 Å². The second kappa shape index (κ2) is 14.5. The number of nitrogens with one attached hydrogen (secondary N) is 3. The molecule has 2 aromatic carbocycles. The van der Waals surface area contributed by atoms with Gasteiger partial charge >= 0.3 is 0 Å². The van der Waals surface area contributed by atoms with Crippen LogP contribution in [0.2, 0.25) is 0 Å². The van der Waals surface area contributed by atoms with Gasteiger partial charge in [-0.1, -0.05) is 36.4 Å². The van der Waals surface area contributed by atoms with Gasteiger partial charge in [0.2, 0.25) is 17.7 Å². The third kappa shape index (κ3) is 7.42. The summed E-state index contributed by atoms with van der Waals surface area (Å²) in [7, 11) is 0. The normalized spacial score (nSPS) is 16.6. The number of rotatable bonds is 15. The van der Waals surface area contributed by atoms with Crippen LogP contribution >= 0.6 is 0 Å². The summed E-state index contributed by atoms with van der Waals surface area (Å²) in [5.74, 6) is -1.31. The van der Waals surface area contributed by atoms with Gasteiger partial charge in [0.05, 0.1) is 51.9 Å². The van der Waals surface area contributed by atoms with Crippen LogP contribution in [0.4, 0.5) is 5.69 Å². The van der Waals surface area contributed by atoms with Gasteiger partial charge < -0.3 is 35.5 Å². The Kier molecular flexibility index (Phi) is 10.6. The molecule has 12 nitrogen and oxygen atoms in total. The number of nitrogens with two attached hydrogens (primary N) is 1. The van der Waals surface area contributed by atoms with Crippen molar-refractivity contribution in [2.24, 2.45) is 5.73 Å². The number of benzene rings is 2. The summed E-state index contributed by atoms with van der Waals surface area (Å²) in [6, 6.07) is 12.5. The van der Waals surface area contributed by atoms with Crippen molar-refractivity contribution in [1.29, 1.82) is 0 Å². The quantitative estimate of drug-likeness (QED) is 0.141. The van der Waals surface area contributed by atoms with Gasteiger partial charge in [0.15, 0.2) is 0 Å². The van der Waals surface area contributed by atoms with Gasteiger partial charge in [-0.15, -0.1) is 0 Å². The number of anilines is 1. The Morgan fingerprint density at radius 2 is 1.70 bits per heavy atom. The number of carbonyl (C=O) groups excluding carboxylic acids is 4. The molecular formula is C28H35N5O7. The molecule has 12 heteroatoms. The van der Waals surface area contributed by atoms with E-state index in [2.05, 4.69) is 16.0 Å². The molecule has 0 aromatic heterocycles. The minimum absolute atomic E-state index is 0.00597. The molecule has 214 valence electrons. The lowest BCUT2D eigenvalue weighted by atomic mass is 9.95. The molecule has 1 unspecified atom stereocenters. The lowest BCUT2D eigenvalue weighted by molar-refractivity contribution is -0.137. The highest BCUT2D eigenvalue weighted by molar-refractivity contribution is 6.09. The molecule has 0 radical (unpaired) electrons. The molecule has 0 bridgehead atoms. The first-order valence-corrected chi connectivity index (χ1v) is 13.3. The third-order valence-electron chi connectivity index (χ3n) is 6.66. The van der Waals surface area contributed by atoms with Crippen LogP contribution in [0.25, 0.3) is 11.1 Å². The Hall–Kier alpha value is -3.84. The van der Waals surface area contributed by atoms with E-state index >= 15 is 0 Å². The monoisotopic (exact) mass is 553 g/mol. The molecular weight excluding hydrogens is 518 g/mol. The number of carbonyl (C=O) groups is 4. The van der Waals surface area contributed by atoms with E-state index in [0.29, 0.717) is 56.4 Å². The highest BCUT2D eigenvalue weighted by Crippen LogP contribution is 2.38. The summed E-state index contributed by atoms with van der Waals surface area (Å²) < 4.78 is 15.7. The molecule has 0 spiro atoms. The van der Waals surface area contributed by atoms with Gasteiger partial charge in [-0.25, -0.2) is 0 Å². The summed E-state index contributed by atoms with van der Waals surface area (Å²) in [4.78, 5) is 51.8. The van der Waals surface area contributed by atoms with Crippen molar-refractivity contribution >= 4 is 29.3 Å². The number of hydrogen-bond donors (Lipinski definition) is 4. The predicted octanol–water partition coefficient (Wildman–Crippen LogP) is 0.609. The molecule has 1 saturated heterocycles. The molecule has 40 heavy (non-hydrogen) atoms.